The third kappa shape index (κ3) is 3.52. The van der Waals surface area contributed by atoms with Crippen molar-refractivity contribution in [2.24, 2.45) is 0 Å². The van der Waals surface area contributed by atoms with Crippen LogP contribution in [0.15, 0.2) is 18.2 Å². The van der Waals surface area contributed by atoms with Gasteiger partial charge in [0.25, 0.3) is 0 Å². The van der Waals surface area contributed by atoms with Crippen molar-refractivity contribution < 1.29 is 4.39 Å². The standard InChI is InChI=1S/C12H16FN3/c1-2-16(7-3-6-14)9-10-4-5-11(13)8-12(10)15/h4-5,8H,2-3,7,9,15H2,1H3. The summed E-state index contributed by atoms with van der Waals surface area (Å²) < 4.78 is 12.8. The van der Waals surface area contributed by atoms with E-state index in [1.807, 2.05) is 6.92 Å². The Bertz CT molecular complexity index is 384. The van der Waals surface area contributed by atoms with Gasteiger partial charge in [-0.2, -0.15) is 5.26 Å². The fraction of sp³-hybridized carbons (Fsp3) is 0.417. The van der Waals surface area contributed by atoms with Gasteiger partial charge in [-0.25, -0.2) is 4.39 Å². The predicted octanol–water partition coefficient (Wildman–Crippen LogP) is 2.14. The smallest absolute Gasteiger partial charge is 0.125 e. The van der Waals surface area contributed by atoms with Gasteiger partial charge in [-0.15, -0.1) is 0 Å². The third-order valence-electron chi connectivity index (χ3n) is 2.49. The van der Waals surface area contributed by atoms with E-state index < -0.39 is 0 Å². The van der Waals surface area contributed by atoms with Gasteiger partial charge in [0, 0.05) is 25.2 Å². The summed E-state index contributed by atoms with van der Waals surface area (Å²) in [5, 5.41) is 8.52. The highest BCUT2D eigenvalue weighted by atomic mass is 19.1. The number of nitrogens with zero attached hydrogens (tertiary/aromatic N) is 2. The van der Waals surface area contributed by atoms with Gasteiger partial charge < -0.3 is 5.73 Å². The Kier molecular flexibility index (Phi) is 4.74. The molecule has 86 valence electrons. The first-order chi connectivity index (χ1) is 7.67. The lowest BCUT2D eigenvalue weighted by molar-refractivity contribution is 0.287. The van der Waals surface area contributed by atoms with Gasteiger partial charge in [-0.05, 0) is 24.2 Å². The largest absolute Gasteiger partial charge is 0.398 e. The fourth-order valence-corrected chi connectivity index (χ4v) is 1.51. The number of nitriles is 1. The van der Waals surface area contributed by atoms with E-state index in [9.17, 15) is 4.39 Å². The van der Waals surface area contributed by atoms with E-state index in [1.54, 1.807) is 6.07 Å². The molecule has 2 N–H and O–H groups in total. The molecule has 0 atom stereocenters. The van der Waals surface area contributed by atoms with Crippen LogP contribution in [0.4, 0.5) is 10.1 Å². The van der Waals surface area contributed by atoms with E-state index in [0.29, 0.717) is 25.2 Å². The van der Waals surface area contributed by atoms with E-state index in [4.69, 9.17) is 11.0 Å². The van der Waals surface area contributed by atoms with Crippen molar-refractivity contribution in [1.82, 2.24) is 4.90 Å². The zero-order chi connectivity index (χ0) is 12.0. The second-order valence-corrected chi connectivity index (χ2v) is 3.62. The molecule has 0 aliphatic carbocycles. The molecule has 0 saturated carbocycles. The summed E-state index contributed by atoms with van der Waals surface area (Å²) in [4.78, 5) is 2.10. The molecule has 1 aromatic carbocycles. The molecule has 0 fully saturated rings. The molecule has 0 aliphatic heterocycles. The molecule has 4 heteroatoms. The Labute approximate surface area is 95.3 Å². The number of halogens is 1. The maximum atomic E-state index is 12.8. The summed E-state index contributed by atoms with van der Waals surface area (Å²) in [5.74, 6) is -0.318. The number of hydrogen-bond acceptors (Lipinski definition) is 3. The van der Waals surface area contributed by atoms with Crippen molar-refractivity contribution in [1.29, 1.82) is 5.26 Å². The van der Waals surface area contributed by atoms with Crippen LogP contribution in [0.1, 0.15) is 18.9 Å². The average molecular weight is 221 g/mol. The second kappa shape index (κ2) is 6.09. The summed E-state index contributed by atoms with van der Waals surface area (Å²) >= 11 is 0. The normalized spacial score (nSPS) is 10.4. The molecule has 16 heavy (non-hydrogen) atoms. The molecule has 1 rings (SSSR count). The molecular weight excluding hydrogens is 205 g/mol. The molecular formula is C12H16FN3. The SMILES string of the molecule is CCN(CCC#N)Cc1ccc(F)cc1N. The fourth-order valence-electron chi connectivity index (χ4n) is 1.51. The van der Waals surface area contributed by atoms with Gasteiger partial charge >= 0.3 is 0 Å². The lowest BCUT2D eigenvalue weighted by atomic mass is 10.1. The molecule has 0 spiro atoms. The summed E-state index contributed by atoms with van der Waals surface area (Å²) in [6.45, 7) is 4.24. The third-order valence-corrected chi connectivity index (χ3v) is 2.49. The monoisotopic (exact) mass is 221 g/mol. The van der Waals surface area contributed by atoms with E-state index in [0.717, 1.165) is 12.1 Å². The van der Waals surface area contributed by atoms with Crippen LogP contribution < -0.4 is 5.73 Å². The molecule has 0 amide bonds. The summed E-state index contributed by atoms with van der Waals surface area (Å²) in [7, 11) is 0. The molecule has 3 nitrogen and oxygen atoms in total. The van der Waals surface area contributed by atoms with Crippen LogP contribution >= 0.6 is 0 Å². The molecule has 0 aliphatic rings. The lowest BCUT2D eigenvalue weighted by Gasteiger charge is -2.19. The first kappa shape index (κ1) is 12.5. The van der Waals surface area contributed by atoms with Crippen molar-refractivity contribution >= 4 is 5.69 Å². The topological polar surface area (TPSA) is 53.0 Å². The number of hydrogen-bond donors (Lipinski definition) is 1. The zero-order valence-corrected chi connectivity index (χ0v) is 9.41. The minimum Gasteiger partial charge on any atom is -0.398 e. The molecule has 0 saturated heterocycles. The molecule has 0 bridgehead atoms. The Hall–Kier alpha value is -1.60. The highest BCUT2D eigenvalue weighted by Gasteiger charge is 2.06. The van der Waals surface area contributed by atoms with Crippen molar-refractivity contribution in [2.75, 3.05) is 18.8 Å². The molecule has 1 aromatic rings. The molecule has 0 heterocycles. The van der Waals surface area contributed by atoms with E-state index >= 15 is 0 Å². The Morgan fingerprint density at radius 3 is 2.81 bits per heavy atom. The van der Waals surface area contributed by atoms with Gasteiger partial charge in [-0.1, -0.05) is 13.0 Å². The number of anilines is 1. The molecule has 0 aromatic heterocycles. The van der Waals surface area contributed by atoms with Crippen molar-refractivity contribution in [2.45, 2.75) is 19.9 Å². The van der Waals surface area contributed by atoms with Gasteiger partial charge in [0.2, 0.25) is 0 Å². The quantitative estimate of drug-likeness (QED) is 0.775. The van der Waals surface area contributed by atoms with Gasteiger partial charge in [-0.3, -0.25) is 4.90 Å². The first-order valence-electron chi connectivity index (χ1n) is 5.30. The van der Waals surface area contributed by atoms with E-state index in [1.165, 1.54) is 12.1 Å². The minimum absolute atomic E-state index is 0.318. The van der Waals surface area contributed by atoms with Crippen LogP contribution in [-0.4, -0.2) is 18.0 Å². The van der Waals surface area contributed by atoms with Crippen LogP contribution in [0.2, 0.25) is 0 Å². The van der Waals surface area contributed by atoms with E-state index in [-0.39, 0.29) is 5.82 Å². The second-order valence-electron chi connectivity index (χ2n) is 3.62. The van der Waals surface area contributed by atoms with Crippen LogP contribution in [0, 0.1) is 17.1 Å². The first-order valence-corrected chi connectivity index (χ1v) is 5.30. The van der Waals surface area contributed by atoms with Crippen molar-refractivity contribution in [3.05, 3.63) is 29.6 Å². The predicted molar refractivity (Wildman–Crippen MR) is 62.0 cm³/mol. The summed E-state index contributed by atoms with van der Waals surface area (Å²) in [5.41, 5.74) is 7.09. The van der Waals surface area contributed by atoms with Crippen LogP contribution in [-0.2, 0) is 6.54 Å². The number of benzene rings is 1. The van der Waals surface area contributed by atoms with Gasteiger partial charge in [0.1, 0.15) is 5.82 Å². The Morgan fingerprint density at radius 1 is 1.50 bits per heavy atom. The van der Waals surface area contributed by atoms with Crippen LogP contribution in [0.5, 0.6) is 0 Å². The highest BCUT2D eigenvalue weighted by Crippen LogP contribution is 2.15. The van der Waals surface area contributed by atoms with E-state index in [2.05, 4.69) is 11.0 Å². The van der Waals surface area contributed by atoms with Crippen molar-refractivity contribution in [3.63, 3.8) is 0 Å². The van der Waals surface area contributed by atoms with Crippen LogP contribution in [0.3, 0.4) is 0 Å². The Balaban J connectivity index is 2.67. The zero-order valence-electron chi connectivity index (χ0n) is 9.41. The number of nitrogens with two attached hydrogens (primary N) is 1. The van der Waals surface area contributed by atoms with Crippen LogP contribution in [0.25, 0.3) is 0 Å². The lowest BCUT2D eigenvalue weighted by Crippen LogP contribution is -2.24. The maximum Gasteiger partial charge on any atom is 0.125 e. The minimum atomic E-state index is -0.318. The number of nitrogen functional groups attached to an aromatic ring is 1. The van der Waals surface area contributed by atoms with Gasteiger partial charge in [0.15, 0.2) is 0 Å². The Morgan fingerprint density at radius 2 is 2.25 bits per heavy atom. The summed E-state index contributed by atoms with van der Waals surface area (Å²) in [6.07, 6.45) is 0.495. The average Bonchev–Trinajstić information content (AvgIpc) is 2.27. The summed E-state index contributed by atoms with van der Waals surface area (Å²) in [6, 6.07) is 6.54. The molecule has 0 unspecified atom stereocenters. The highest BCUT2D eigenvalue weighted by molar-refractivity contribution is 5.46. The molecule has 0 radical (unpaired) electrons. The van der Waals surface area contributed by atoms with Gasteiger partial charge in [0.05, 0.1) is 6.07 Å². The maximum absolute atomic E-state index is 12.8. The number of rotatable bonds is 5. The van der Waals surface area contributed by atoms with Crippen molar-refractivity contribution in [3.8, 4) is 6.07 Å².